The number of hydrogen-bond acceptors (Lipinski definition) is 4. The molecule has 3 aromatic rings. The van der Waals surface area contributed by atoms with Crippen LogP contribution in [0, 0.1) is 0 Å². The number of carbonyl (C=O) groups is 1. The van der Waals surface area contributed by atoms with Gasteiger partial charge in [-0.1, -0.05) is 30.3 Å². The maximum absolute atomic E-state index is 12.3. The number of nitrogens with zero attached hydrogens (tertiary/aromatic N) is 2. The zero-order valence-electron chi connectivity index (χ0n) is 13.7. The van der Waals surface area contributed by atoms with Crippen LogP contribution in [0.3, 0.4) is 0 Å². The first kappa shape index (κ1) is 16.4. The second kappa shape index (κ2) is 7.44. The molecule has 0 atom stereocenters. The first-order chi connectivity index (χ1) is 12.2. The summed E-state index contributed by atoms with van der Waals surface area (Å²) < 4.78 is 6.31. The lowest BCUT2D eigenvalue weighted by molar-refractivity contribution is 0.0944. The van der Waals surface area contributed by atoms with E-state index >= 15 is 0 Å². The fourth-order valence-corrected chi connectivity index (χ4v) is 2.30. The molecule has 0 saturated carbocycles. The topological polar surface area (TPSA) is 73.2 Å². The number of methoxy groups -OCH3 is 1. The van der Waals surface area contributed by atoms with Gasteiger partial charge in [0.1, 0.15) is 11.4 Å². The summed E-state index contributed by atoms with van der Waals surface area (Å²) in [4.78, 5) is 24.3. The smallest absolute Gasteiger partial charge is 0.272 e. The van der Waals surface area contributed by atoms with Gasteiger partial charge in [-0.15, -0.1) is 0 Å². The first-order valence-electron chi connectivity index (χ1n) is 7.74. The number of ether oxygens (including phenoxy) is 1. The zero-order chi connectivity index (χ0) is 17.6. The Balaban J connectivity index is 1.75. The number of rotatable bonds is 5. The van der Waals surface area contributed by atoms with Crippen molar-refractivity contribution >= 4 is 5.91 Å². The van der Waals surface area contributed by atoms with Gasteiger partial charge in [0.15, 0.2) is 0 Å². The third-order valence-corrected chi connectivity index (χ3v) is 3.65. The van der Waals surface area contributed by atoms with Crippen molar-refractivity contribution in [1.82, 2.24) is 15.1 Å². The van der Waals surface area contributed by atoms with E-state index in [-0.39, 0.29) is 17.2 Å². The number of amides is 1. The Hall–Kier alpha value is -3.41. The molecule has 6 heteroatoms. The maximum Gasteiger partial charge on any atom is 0.272 e. The van der Waals surface area contributed by atoms with Crippen molar-refractivity contribution in [3.63, 3.8) is 0 Å². The summed E-state index contributed by atoms with van der Waals surface area (Å²) in [6.45, 7) is 0.356. The van der Waals surface area contributed by atoms with Gasteiger partial charge >= 0.3 is 0 Å². The molecular weight excluding hydrogens is 318 g/mol. The van der Waals surface area contributed by atoms with Crippen LogP contribution in [0.4, 0.5) is 0 Å². The second-order valence-electron chi connectivity index (χ2n) is 5.33. The van der Waals surface area contributed by atoms with Gasteiger partial charge in [-0.2, -0.15) is 9.78 Å². The molecule has 0 bridgehead atoms. The molecular formula is C19H17N3O3. The van der Waals surface area contributed by atoms with Crippen molar-refractivity contribution in [2.75, 3.05) is 7.11 Å². The fraction of sp³-hybridized carbons (Fsp3) is 0.105. The van der Waals surface area contributed by atoms with E-state index in [4.69, 9.17) is 4.74 Å². The molecule has 2 aromatic carbocycles. The van der Waals surface area contributed by atoms with E-state index in [2.05, 4.69) is 10.4 Å². The summed E-state index contributed by atoms with van der Waals surface area (Å²) >= 11 is 0. The van der Waals surface area contributed by atoms with Crippen molar-refractivity contribution < 1.29 is 9.53 Å². The number of carbonyl (C=O) groups excluding carboxylic acids is 1. The molecule has 0 aliphatic rings. The fourth-order valence-electron chi connectivity index (χ4n) is 2.30. The highest BCUT2D eigenvalue weighted by molar-refractivity contribution is 5.92. The minimum atomic E-state index is -0.347. The molecule has 6 nitrogen and oxygen atoms in total. The van der Waals surface area contributed by atoms with Crippen LogP contribution in [0.15, 0.2) is 71.5 Å². The van der Waals surface area contributed by atoms with Gasteiger partial charge in [-0.3, -0.25) is 9.59 Å². The van der Waals surface area contributed by atoms with Crippen LogP contribution in [0.1, 0.15) is 16.1 Å². The molecule has 0 saturated heterocycles. The van der Waals surface area contributed by atoms with Crippen molar-refractivity contribution in [2.24, 2.45) is 0 Å². The third-order valence-electron chi connectivity index (χ3n) is 3.65. The van der Waals surface area contributed by atoms with E-state index in [9.17, 15) is 9.59 Å². The van der Waals surface area contributed by atoms with Gasteiger partial charge < -0.3 is 10.1 Å². The summed E-state index contributed by atoms with van der Waals surface area (Å²) in [5.74, 6) is 0.409. The van der Waals surface area contributed by atoms with Gasteiger partial charge in [0, 0.05) is 12.6 Å². The van der Waals surface area contributed by atoms with E-state index in [0.717, 1.165) is 11.3 Å². The van der Waals surface area contributed by atoms with Gasteiger partial charge in [-0.05, 0) is 35.9 Å². The molecule has 0 fully saturated rings. The first-order valence-corrected chi connectivity index (χ1v) is 7.74. The number of hydrogen-bond donors (Lipinski definition) is 1. The third kappa shape index (κ3) is 3.92. The monoisotopic (exact) mass is 335 g/mol. The van der Waals surface area contributed by atoms with Gasteiger partial charge in [0.05, 0.1) is 12.8 Å². The van der Waals surface area contributed by atoms with Crippen molar-refractivity contribution in [3.8, 4) is 11.4 Å². The lowest BCUT2D eigenvalue weighted by Gasteiger charge is -2.08. The zero-order valence-corrected chi connectivity index (χ0v) is 13.7. The largest absolute Gasteiger partial charge is 0.497 e. The number of benzene rings is 2. The molecule has 1 heterocycles. The van der Waals surface area contributed by atoms with Crippen LogP contribution in [-0.4, -0.2) is 22.8 Å². The molecule has 0 aliphatic heterocycles. The van der Waals surface area contributed by atoms with Gasteiger partial charge in [0.25, 0.3) is 11.5 Å². The average molecular weight is 335 g/mol. The molecule has 1 amide bonds. The van der Waals surface area contributed by atoms with Crippen molar-refractivity contribution in [1.29, 1.82) is 0 Å². The van der Waals surface area contributed by atoms with Gasteiger partial charge in [-0.25, -0.2) is 0 Å². The number of nitrogens with one attached hydrogen (secondary N) is 1. The summed E-state index contributed by atoms with van der Waals surface area (Å²) in [6, 6.07) is 19.1. The van der Waals surface area contributed by atoms with Crippen LogP contribution in [0.2, 0.25) is 0 Å². The van der Waals surface area contributed by atoms with E-state index < -0.39 is 0 Å². The van der Waals surface area contributed by atoms with Crippen LogP contribution < -0.4 is 15.6 Å². The molecule has 1 N–H and O–H groups in total. The molecule has 3 rings (SSSR count). The molecule has 126 valence electrons. The Labute approximate surface area is 144 Å². The maximum atomic E-state index is 12.3. The molecule has 0 radical (unpaired) electrons. The van der Waals surface area contributed by atoms with Crippen LogP contribution in [0.25, 0.3) is 5.69 Å². The Morgan fingerprint density at radius 3 is 2.44 bits per heavy atom. The SMILES string of the molecule is COc1ccc(CNC(=O)c2ccc(=O)n(-c3ccccc3)n2)cc1. The minimum Gasteiger partial charge on any atom is -0.497 e. The summed E-state index contributed by atoms with van der Waals surface area (Å²) in [5, 5.41) is 6.95. The Morgan fingerprint density at radius 2 is 1.76 bits per heavy atom. The normalized spacial score (nSPS) is 10.3. The van der Waals surface area contributed by atoms with Crippen LogP contribution in [-0.2, 0) is 6.54 Å². The summed E-state index contributed by atoms with van der Waals surface area (Å²) in [6.07, 6.45) is 0. The van der Waals surface area contributed by atoms with Crippen molar-refractivity contribution in [2.45, 2.75) is 6.54 Å². The average Bonchev–Trinajstić information content (AvgIpc) is 2.67. The number of aromatic nitrogens is 2. The molecule has 0 aliphatic carbocycles. The molecule has 1 aromatic heterocycles. The highest BCUT2D eigenvalue weighted by Crippen LogP contribution is 2.11. The quantitative estimate of drug-likeness (QED) is 0.775. The number of para-hydroxylation sites is 1. The van der Waals surface area contributed by atoms with Gasteiger partial charge in [0.2, 0.25) is 0 Å². The van der Waals surface area contributed by atoms with E-state index in [0.29, 0.717) is 12.2 Å². The highest BCUT2D eigenvalue weighted by atomic mass is 16.5. The summed E-state index contributed by atoms with van der Waals surface area (Å²) in [5.41, 5.74) is 1.43. The lowest BCUT2D eigenvalue weighted by atomic mass is 10.2. The Kier molecular flexibility index (Phi) is 4.89. The minimum absolute atomic E-state index is 0.178. The van der Waals surface area contributed by atoms with E-state index in [1.807, 2.05) is 30.3 Å². The Morgan fingerprint density at radius 1 is 1.04 bits per heavy atom. The standard InChI is InChI=1S/C19H17N3O3/c1-25-16-9-7-14(8-10-16)13-20-19(24)17-11-12-18(23)22(21-17)15-5-3-2-4-6-15/h2-12H,13H2,1H3,(H,20,24). The van der Waals surface area contributed by atoms with Crippen LogP contribution in [0.5, 0.6) is 5.75 Å². The van der Waals surface area contributed by atoms with Crippen molar-refractivity contribution in [3.05, 3.63) is 88.3 Å². The molecule has 0 spiro atoms. The second-order valence-corrected chi connectivity index (χ2v) is 5.33. The van der Waals surface area contributed by atoms with E-state index in [1.165, 1.54) is 16.8 Å². The molecule has 0 unspecified atom stereocenters. The van der Waals surface area contributed by atoms with E-state index in [1.54, 1.807) is 31.4 Å². The predicted octanol–water partition coefficient (Wildman–Crippen LogP) is 2.17. The highest BCUT2D eigenvalue weighted by Gasteiger charge is 2.10. The Bertz CT molecular complexity index is 919. The predicted molar refractivity (Wildman–Crippen MR) is 94.0 cm³/mol. The lowest BCUT2D eigenvalue weighted by Crippen LogP contribution is -2.28. The molecule has 25 heavy (non-hydrogen) atoms. The summed E-state index contributed by atoms with van der Waals surface area (Å²) in [7, 11) is 1.60. The van der Waals surface area contributed by atoms with Crippen LogP contribution >= 0.6 is 0 Å².